The second-order valence-corrected chi connectivity index (χ2v) is 7.22. The Labute approximate surface area is 183 Å². The molecule has 0 aliphatic heterocycles. The number of hydrogen-bond donors (Lipinski definition) is 1. The van der Waals surface area contributed by atoms with Gasteiger partial charge in [-0.1, -0.05) is 0 Å². The number of nitriles is 1. The van der Waals surface area contributed by atoms with E-state index in [2.05, 4.69) is 36.4 Å². The summed E-state index contributed by atoms with van der Waals surface area (Å²) in [4.78, 5) is 27.3. The fraction of sp³-hybridized carbons (Fsp3) is 0.105. The molecule has 4 rings (SSSR count). The van der Waals surface area contributed by atoms with Gasteiger partial charge in [0.1, 0.15) is 11.8 Å². The highest BCUT2D eigenvalue weighted by atomic mass is 79.9. The third-order valence-corrected chi connectivity index (χ3v) is 5.04. The highest BCUT2D eigenvalue weighted by Crippen LogP contribution is 2.27. The predicted molar refractivity (Wildman–Crippen MR) is 113 cm³/mol. The van der Waals surface area contributed by atoms with Crippen LogP contribution in [0, 0.1) is 21.4 Å². The van der Waals surface area contributed by atoms with Crippen molar-refractivity contribution in [2.24, 2.45) is 0 Å². The minimum atomic E-state index is -0.611. The molecule has 0 spiro atoms. The van der Waals surface area contributed by atoms with Crippen LogP contribution < -0.4 is 5.32 Å². The number of carbonyl (C=O) groups excluding carboxylic acids is 1. The van der Waals surface area contributed by atoms with E-state index < -0.39 is 10.8 Å². The Balaban J connectivity index is 1.70. The number of halogens is 1. The largest absolute Gasteiger partial charge is 0.319 e. The first kappa shape index (κ1) is 20.2. The first-order valence-electron chi connectivity index (χ1n) is 8.99. The van der Waals surface area contributed by atoms with Crippen LogP contribution in [0.2, 0.25) is 0 Å². The Hall–Kier alpha value is -4.11. The summed E-state index contributed by atoms with van der Waals surface area (Å²) in [5.41, 5.74) is 1.65. The molecule has 0 saturated heterocycles. The molecule has 11 nitrogen and oxygen atoms in total. The van der Waals surface area contributed by atoms with Gasteiger partial charge in [0.2, 0.25) is 0 Å². The Morgan fingerprint density at radius 2 is 2.13 bits per heavy atom. The topological polar surface area (TPSA) is 144 Å². The minimum absolute atomic E-state index is 0.0286. The molecule has 4 aromatic rings. The highest BCUT2D eigenvalue weighted by molar-refractivity contribution is 9.10. The van der Waals surface area contributed by atoms with Gasteiger partial charge in [-0.2, -0.15) is 15.5 Å². The molecule has 3 heterocycles. The molecule has 3 aromatic heterocycles. The molecule has 1 aromatic carbocycles. The van der Waals surface area contributed by atoms with Crippen LogP contribution in [0.15, 0.2) is 47.2 Å². The second kappa shape index (κ2) is 7.96. The van der Waals surface area contributed by atoms with Crippen molar-refractivity contribution in [3.63, 3.8) is 0 Å². The van der Waals surface area contributed by atoms with E-state index in [-0.39, 0.29) is 22.6 Å². The van der Waals surface area contributed by atoms with Crippen molar-refractivity contribution >= 4 is 38.9 Å². The van der Waals surface area contributed by atoms with E-state index in [0.29, 0.717) is 23.6 Å². The monoisotopic (exact) mass is 480 g/mol. The number of nitrogens with zero attached hydrogens (tertiary/aromatic N) is 7. The number of hydrogen-bond acceptors (Lipinski definition) is 7. The number of benzene rings is 1. The summed E-state index contributed by atoms with van der Waals surface area (Å²) in [7, 11) is 0. The van der Waals surface area contributed by atoms with Crippen LogP contribution >= 0.6 is 15.9 Å². The van der Waals surface area contributed by atoms with Crippen LogP contribution in [0.5, 0.6) is 0 Å². The minimum Gasteiger partial charge on any atom is -0.319 e. The number of carbonyl (C=O) groups is 1. The average Bonchev–Trinajstić information content (AvgIpc) is 3.37. The summed E-state index contributed by atoms with van der Waals surface area (Å²) < 4.78 is 4.04. The van der Waals surface area contributed by atoms with Gasteiger partial charge in [-0.25, -0.2) is 9.50 Å². The van der Waals surface area contributed by atoms with Gasteiger partial charge in [-0.15, -0.1) is 0 Å². The number of fused-ring (bicyclic) bond motifs is 1. The molecule has 0 unspecified atom stereocenters. The van der Waals surface area contributed by atoms with E-state index >= 15 is 0 Å². The molecule has 0 atom stereocenters. The number of nitrogens with one attached hydrogen (secondary N) is 1. The molecule has 0 radical (unpaired) electrons. The molecule has 0 fully saturated rings. The van der Waals surface area contributed by atoms with E-state index in [1.54, 1.807) is 16.9 Å². The van der Waals surface area contributed by atoms with Crippen LogP contribution in [0.1, 0.15) is 23.0 Å². The summed E-state index contributed by atoms with van der Waals surface area (Å²) in [5, 5.41) is 31.6. The molecule has 0 saturated carbocycles. The molecule has 0 bridgehead atoms. The highest BCUT2D eigenvalue weighted by Gasteiger charge is 2.19. The van der Waals surface area contributed by atoms with Crippen molar-refractivity contribution in [1.29, 1.82) is 5.26 Å². The number of aryl methyl sites for hydroxylation is 1. The summed E-state index contributed by atoms with van der Waals surface area (Å²) in [6.07, 6.45) is 3.44. The van der Waals surface area contributed by atoms with Crippen LogP contribution in [0.4, 0.5) is 11.4 Å². The Bertz CT molecular complexity index is 1380. The summed E-state index contributed by atoms with van der Waals surface area (Å²) in [6.45, 7) is 2.66. The van der Waals surface area contributed by atoms with E-state index in [1.165, 1.54) is 22.7 Å². The molecule has 31 heavy (non-hydrogen) atoms. The van der Waals surface area contributed by atoms with Gasteiger partial charge in [0.25, 0.3) is 11.6 Å². The third kappa shape index (κ3) is 3.74. The van der Waals surface area contributed by atoms with E-state index in [4.69, 9.17) is 0 Å². The zero-order valence-corrected chi connectivity index (χ0v) is 17.6. The van der Waals surface area contributed by atoms with Gasteiger partial charge in [0.15, 0.2) is 11.3 Å². The fourth-order valence-electron chi connectivity index (χ4n) is 2.95. The van der Waals surface area contributed by atoms with Gasteiger partial charge in [0.05, 0.1) is 26.3 Å². The quantitative estimate of drug-likeness (QED) is 0.340. The molecule has 1 amide bonds. The van der Waals surface area contributed by atoms with Crippen LogP contribution in [-0.4, -0.2) is 35.2 Å². The molecular formula is C19H13BrN8O3. The number of nitro groups is 1. The van der Waals surface area contributed by atoms with Crippen LogP contribution in [-0.2, 0) is 6.54 Å². The molecule has 12 heteroatoms. The zero-order valence-electron chi connectivity index (χ0n) is 16.0. The van der Waals surface area contributed by atoms with Gasteiger partial charge in [0, 0.05) is 37.1 Å². The van der Waals surface area contributed by atoms with Gasteiger partial charge in [-0.05, 0) is 35.0 Å². The zero-order chi connectivity index (χ0) is 22.1. The summed E-state index contributed by atoms with van der Waals surface area (Å²) >= 11 is 3.49. The SMILES string of the molecule is CCn1cc(Br)c(-c2ccnc3cc(C(=O)Nc4ccc([N+](=O)[O-])cc4C#N)nn23)n1. The maximum Gasteiger partial charge on any atom is 0.276 e. The smallest absolute Gasteiger partial charge is 0.276 e. The first-order chi connectivity index (χ1) is 14.9. The number of rotatable bonds is 5. The maximum absolute atomic E-state index is 12.7. The van der Waals surface area contributed by atoms with Crippen LogP contribution in [0.25, 0.3) is 17.0 Å². The van der Waals surface area contributed by atoms with Crippen molar-refractivity contribution in [2.45, 2.75) is 13.5 Å². The Morgan fingerprint density at radius 3 is 2.81 bits per heavy atom. The first-order valence-corrected chi connectivity index (χ1v) is 9.78. The molecule has 154 valence electrons. The number of nitro benzene ring substituents is 1. The van der Waals surface area contributed by atoms with E-state index in [9.17, 15) is 20.2 Å². The normalized spacial score (nSPS) is 10.7. The molecular weight excluding hydrogens is 468 g/mol. The van der Waals surface area contributed by atoms with Crippen molar-refractivity contribution in [1.82, 2.24) is 24.4 Å². The number of amides is 1. The van der Waals surface area contributed by atoms with Crippen molar-refractivity contribution < 1.29 is 9.72 Å². The Kier molecular flexibility index (Phi) is 5.18. The summed E-state index contributed by atoms with van der Waals surface area (Å²) in [5.74, 6) is -0.583. The lowest BCUT2D eigenvalue weighted by atomic mass is 10.1. The lowest BCUT2D eigenvalue weighted by molar-refractivity contribution is -0.384. The average molecular weight is 481 g/mol. The summed E-state index contributed by atoms with van der Waals surface area (Å²) in [6, 6.07) is 8.70. The van der Waals surface area contributed by atoms with Crippen LogP contribution in [0.3, 0.4) is 0 Å². The van der Waals surface area contributed by atoms with E-state index in [0.717, 1.165) is 10.5 Å². The lowest BCUT2D eigenvalue weighted by Gasteiger charge is -2.05. The predicted octanol–water partition coefficient (Wildman–Crippen LogP) is 3.41. The number of non-ortho nitro benzene ring substituents is 1. The fourth-order valence-corrected chi connectivity index (χ4v) is 3.47. The molecule has 0 aliphatic carbocycles. The maximum atomic E-state index is 12.7. The van der Waals surface area contributed by atoms with Crippen molar-refractivity contribution in [2.75, 3.05) is 5.32 Å². The number of anilines is 1. The molecule has 0 aliphatic rings. The third-order valence-electron chi connectivity index (χ3n) is 4.46. The standard InChI is InChI=1S/C19H13BrN8O3/c1-2-26-10-13(20)18(25-26)16-5-6-22-17-8-15(24-27(16)17)19(29)23-14-4-3-12(28(30)31)7-11(14)9-21/h3-8,10H,2H2,1H3,(H,23,29). The molecule has 1 N–H and O–H groups in total. The van der Waals surface area contributed by atoms with E-state index in [1.807, 2.05) is 19.2 Å². The van der Waals surface area contributed by atoms with Gasteiger partial charge in [-0.3, -0.25) is 19.6 Å². The van der Waals surface area contributed by atoms with Gasteiger partial charge < -0.3 is 5.32 Å². The van der Waals surface area contributed by atoms with Crippen molar-refractivity contribution in [3.8, 4) is 17.5 Å². The van der Waals surface area contributed by atoms with Gasteiger partial charge >= 0.3 is 0 Å². The number of aromatic nitrogens is 5. The lowest BCUT2D eigenvalue weighted by Crippen LogP contribution is -2.14. The Morgan fingerprint density at radius 1 is 1.32 bits per heavy atom. The van der Waals surface area contributed by atoms with Crippen molar-refractivity contribution in [3.05, 3.63) is 68.6 Å². The second-order valence-electron chi connectivity index (χ2n) is 6.36.